The summed E-state index contributed by atoms with van der Waals surface area (Å²) in [4.78, 5) is 34.7. The zero-order valence-corrected chi connectivity index (χ0v) is 14.4. The Kier molecular flexibility index (Phi) is 6.52. The molecule has 0 aromatic carbocycles. The first kappa shape index (κ1) is 17.4. The molecule has 1 aliphatic rings. The van der Waals surface area contributed by atoms with E-state index in [4.69, 9.17) is 0 Å². The molecule has 0 spiro atoms. The average molecular weight is 337 g/mol. The van der Waals surface area contributed by atoms with E-state index in [2.05, 4.69) is 20.6 Å². The van der Waals surface area contributed by atoms with Crippen molar-refractivity contribution in [3.63, 3.8) is 0 Å². The molecule has 8 heteroatoms. The Morgan fingerprint density at radius 2 is 2.09 bits per heavy atom. The molecule has 0 unspecified atom stereocenters. The lowest BCUT2D eigenvalue weighted by atomic mass is 10.1. The minimum absolute atomic E-state index is 0.0803. The Labute approximate surface area is 140 Å². The van der Waals surface area contributed by atoms with E-state index in [1.807, 2.05) is 20.0 Å². The van der Waals surface area contributed by atoms with E-state index >= 15 is 0 Å². The number of carbonyl (C=O) groups is 2. The summed E-state index contributed by atoms with van der Waals surface area (Å²) in [5, 5.41) is 7.26. The minimum atomic E-state index is -0.0803. The highest BCUT2D eigenvalue weighted by Gasteiger charge is 2.25. The molecule has 2 N–H and O–H groups in total. The van der Waals surface area contributed by atoms with E-state index in [9.17, 15) is 9.59 Å². The minimum Gasteiger partial charge on any atom is -0.357 e. The van der Waals surface area contributed by atoms with Crippen LogP contribution < -0.4 is 10.6 Å². The van der Waals surface area contributed by atoms with Gasteiger partial charge in [-0.15, -0.1) is 11.3 Å². The number of thiazole rings is 1. The Morgan fingerprint density at radius 3 is 2.70 bits per heavy atom. The highest BCUT2D eigenvalue weighted by atomic mass is 32.1. The maximum Gasteiger partial charge on any atom is 0.229 e. The second kappa shape index (κ2) is 8.61. The van der Waals surface area contributed by atoms with Crippen LogP contribution in [0.15, 0.2) is 11.2 Å². The first-order chi connectivity index (χ1) is 11.1. The molecule has 2 amide bonds. The number of piperidine rings is 1. The fourth-order valence-electron chi connectivity index (χ4n) is 2.30. The van der Waals surface area contributed by atoms with E-state index in [0.717, 1.165) is 16.4 Å². The van der Waals surface area contributed by atoms with E-state index in [1.54, 1.807) is 11.3 Å². The van der Waals surface area contributed by atoms with E-state index in [1.165, 1.54) is 4.90 Å². The number of aliphatic imine (C=N–C) groups is 1. The van der Waals surface area contributed by atoms with Gasteiger partial charge in [-0.1, -0.05) is 0 Å². The number of aryl methyl sites for hydroxylation is 1. The second-order valence-electron chi connectivity index (χ2n) is 5.28. The first-order valence-electron chi connectivity index (χ1n) is 7.87. The van der Waals surface area contributed by atoms with Gasteiger partial charge in [-0.2, -0.15) is 0 Å². The third-order valence-corrected chi connectivity index (χ3v) is 4.29. The molecule has 0 saturated carbocycles. The number of nitrogens with zero attached hydrogens (tertiary/aromatic N) is 3. The van der Waals surface area contributed by atoms with Gasteiger partial charge in [0, 0.05) is 43.5 Å². The highest BCUT2D eigenvalue weighted by Crippen LogP contribution is 2.12. The van der Waals surface area contributed by atoms with Crippen LogP contribution in [0.2, 0.25) is 0 Å². The number of guanidine groups is 1. The van der Waals surface area contributed by atoms with E-state index < -0.39 is 0 Å². The molecule has 126 valence electrons. The zero-order valence-electron chi connectivity index (χ0n) is 13.6. The molecule has 1 saturated heterocycles. The van der Waals surface area contributed by atoms with Crippen molar-refractivity contribution in [2.45, 2.75) is 39.7 Å². The smallest absolute Gasteiger partial charge is 0.229 e. The average Bonchev–Trinajstić information content (AvgIpc) is 2.93. The third kappa shape index (κ3) is 5.31. The summed E-state index contributed by atoms with van der Waals surface area (Å²) >= 11 is 1.62. The molecule has 2 rings (SSSR count). The number of hydrogen-bond donors (Lipinski definition) is 2. The van der Waals surface area contributed by atoms with Crippen molar-refractivity contribution in [1.82, 2.24) is 20.5 Å². The number of aromatic nitrogens is 1. The Balaban J connectivity index is 1.84. The number of amides is 2. The van der Waals surface area contributed by atoms with Crippen molar-refractivity contribution in [3.8, 4) is 0 Å². The van der Waals surface area contributed by atoms with Gasteiger partial charge in [-0.3, -0.25) is 14.5 Å². The predicted octanol–water partition coefficient (Wildman–Crippen LogP) is 1.05. The molecule has 1 fully saturated rings. The number of likely N-dealkylation sites (tertiary alicyclic amines) is 1. The number of carbonyl (C=O) groups excluding carboxylic acids is 2. The van der Waals surface area contributed by atoms with E-state index in [0.29, 0.717) is 44.9 Å². The molecule has 0 radical (unpaired) electrons. The number of imide groups is 1. The summed E-state index contributed by atoms with van der Waals surface area (Å²) in [5.41, 5.74) is 0. The Bertz CT molecular complexity index is 568. The summed E-state index contributed by atoms with van der Waals surface area (Å²) in [5.74, 6) is 0.503. The first-order valence-corrected chi connectivity index (χ1v) is 8.68. The van der Waals surface area contributed by atoms with Gasteiger partial charge in [0.15, 0.2) is 5.96 Å². The predicted molar refractivity (Wildman–Crippen MR) is 90.2 cm³/mol. The van der Waals surface area contributed by atoms with Crippen LogP contribution in [0, 0.1) is 6.92 Å². The van der Waals surface area contributed by atoms with Crippen LogP contribution in [0.3, 0.4) is 0 Å². The van der Waals surface area contributed by atoms with Crippen LogP contribution in [0.25, 0.3) is 0 Å². The lowest BCUT2D eigenvalue weighted by Gasteiger charge is -2.25. The molecule has 1 aliphatic heterocycles. The van der Waals surface area contributed by atoms with Crippen LogP contribution in [-0.4, -0.2) is 47.3 Å². The van der Waals surface area contributed by atoms with Crippen molar-refractivity contribution >= 4 is 29.1 Å². The van der Waals surface area contributed by atoms with Crippen LogP contribution in [0.4, 0.5) is 0 Å². The molecule has 0 bridgehead atoms. The lowest BCUT2D eigenvalue weighted by Crippen LogP contribution is -2.46. The largest absolute Gasteiger partial charge is 0.357 e. The van der Waals surface area contributed by atoms with Gasteiger partial charge in [-0.25, -0.2) is 9.98 Å². The van der Waals surface area contributed by atoms with Gasteiger partial charge in [0.1, 0.15) is 5.01 Å². The van der Waals surface area contributed by atoms with Crippen LogP contribution in [0.5, 0.6) is 0 Å². The summed E-state index contributed by atoms with van der Waals surface area (Å²) in [7, 11) is 0. The third-order valence-electron chi connectivity index (χ3n) is 3.40. The molecular weight excluding hydrogens is 314 g/mol. The quantitative estimate of drug-likeness (QED) is 0.460. The molecule has 1 aromatic rings. The molecule has 1 aromatic heterocycles. The van der Waals surface area contributed by atoms with Gasteiger partial charge >= 0.3 is 0 Å². The standard InChI is InChI=1S/C15H23N5O2S/c1-3-16-15(19-10-12-18-9-11(2)23-12)17-7-8-20-13(21)5-4-6-14(20)22/h9H,3-8,10H2,1-2H3,(H2,16,17,19). The molecular formula is C15H23N5O2S. The zero-order chi connectivity index (χ0) is 16.7. The summed E-state index contributed by atoms with van der Waals surface area (Å²) in [6.45, 7) is 6.11. The van der Waals surface area contributed by atoms with Crippen molar-refractivity contribution in [2.75, 3.05) is 19.6 Å². The molecule has 0 aliphatic carbocycles. The fraction of sp³-hybridized carbons (Fsp3) is 0.600. The number of nitrogens with one attached hydrogen (secondary N) is 2. The van der Waals surface area contributed by atoms with Crippen molar-refractivity contribution < 1.29 is 9.59 Å². The van der Waals surface area contributed by atoms with E-state index in [-0.39, 0.29) is 11.8 Å². The normalized spacial score (nSPS) is 15.9. The maximum atomic E-state index is 11.7. The molecule has 7 nitrogen and oxygen atoms in total. The molecule has 23 heavy (non-hydrogen) atoms. The summed E-state index contributed by atoms with van der Waals surface area (Å²) < 4.78 is 0. The van der Waals surface area contributed by atoms with Gasteiger partial charge in [-0.05, 0) is 20.3 Å². The molecule has 2 heterocycles. The Hall–Kier alpha value is -1.96. The van der Waals surface area contributed by atoms with Crippen LogP contribution in [-0.2, 0) is 16.1 Å². The van der Waals surface area contributed by atoms with Gasteiger partial charge in [0.2, 0.25) is 11.8 Å². The van der Waals surface area contributed by atoms with Crippen molar-refractivity contribution in [1.29, 1.82) is 0 Å². The topological polar surface area (TPSA) is 86.7 Å². The van der Waals surface area contributed by atoms with Crippen molar-refractivity contribution in [3.05, 3.63) is 16.1 Å². The van der Waals surface area contributed by atoms with Crippen LogP contribution >= 0.6 is 11.3 Å². The van der Waals surface area contributed by atoms with Crippen molar-refractivity contribution in [2.24, 2.45) is 4.99 Å². The monoisotopic (exact) mass is 337 g/mol. The summed E-state index contributed by atoms with van der Waals surface area (Å²) in [6, 6.07) is 0. The molecule has 0 atom stereocenters. The number of rotatable bonds is 6. The SMILES string of the molecule is CCNC(=NCc1ncc(C)s1)NCCN1C(=O)CCCC1=O. The Morgan fingerprint density at radius 1 is 1.35 bits per heavy atom. The van der Waals surface area contributed by atoms with Gasteiger partial charge in [0.25, 0.3) is 0 Å². The van der Waals surface area contributed by atoms with Gasteiger partial charge in [0.05, 0.1) is 6.54 Å². The summed E-state index contributed by atoms with van der Waals surface area (Å²) in [6.07, 6.45) is 3.43. The number of hydrogen-bond acceptors (Lipinski definition) is 5. The second-order valence-corrected chi connectivity index (χ2v) is 6.60. The lowest BCUT2D eigenvalue weighted by molar-refractivity contribution is -0.147. The maximum absolute atomic E-state index is 11.7. The van der Waals surface area contributed by atoms with Gasteiger partial charge < -0.3 is 10.6 Å². The highest BCUT2D eigenvalue weighted by molar-refractivity contribution is 7.11. The van der Waals surface area contributed by atoms with Crippen LogP contribution in [0.1, 0.15) is 36.1 Å². The fourth-order valence-corrected chi connectivity index (χ4v) is 3.01.